The molecule has 2 aromatic rings. The fraction of sp³-hybridized carbons (Fsp3) is 0.400. The zero-order chi connectivity index (χ0) is 13.0. The Balaban J connectivity index is 2.00. The van der Waals surface area contributed by atoms with Gasteiger partial charge in [-0.15, -0.1) is 0 Å². The predicted molar refractivity (Wildman–Crippen MR) is 74.4 cm³/mol. The van der Waals surface area contributed by atoms with E-state index in [4.69, 9.17) is 5.73 Å². The number of hydrogen-bond acceptors (Lipinski definition) is 2. The van der Waals surface area contributed by atoms with Gasteiger partial charge in [0.1, 0.15) is 0 Å². The highest BCUT2D eigenvalue weighted by Gasteiger charge is 2.11. The molecule has 0 fully saturated rings. The Kier molecular flexibility index (Phi) is 4.15. The van der Waals surface area contributed by atoms with Crippen molar-refractivity contribution < 1.29 is 0 Å². The number of hydrogen-bond donors (Lipinski definition) is 1. The smallest absolute Gasteiger partial charge is 0.0654 e. The minimum atomic E-state index is 0.155. The van der Waals surface area contributed by atoms with Crippen LogP contribution in [0.4, 0.5) is 0 Å². The van der Waals surface area contributed by atoms with Crippen LogP contribution in [0.1, 0.15) is 23.7 Å². The zero-order valence-electron chi connectivity index (χ0n) is 11.1. The van der Waals surface area contributed by atoms with Crippen molar-refractivity contribution in [2.24, 2.45) is 12.8 Å². The lowest BCUT2D eigenvalue weighted by Crippen LogP contribution is -2.25. The summed E-state index contributed by atoms with van der Waals surface area (Å²) in [6, 6.07) is 10.6. The number of nitrogens with zero attached hydrogens (tertiary/aromatic N) is 2. The maximum absolute atomic E-state index is 6.23. The van der Waals surface area contributed by atoms with Gasteiger partial charge >= 0.3 is 0 Å². The van der Waals surface area contributed by atoms with Gasteiger partial charge in [0.25, 0.3) is 0 Å². The third kappa shape index (κ3) is 3.20. The fourth-order valence-corrected chi connectivity index (χ4v) is 2.32. The average Bonchev–Trinajstić information content (AvgIpc) is 2.70. The highest BCUT2D eigenvalue weighted by Crippen LogP contribution is 2.12. The minimum Gasteiger partial charge on any atom is -0.327 e. The van der Waals surface area contributed by atoms with Crippen molar-refractivity contribution in [1.82, 2.24) is 9.78 Å². The second-order valence-electron chi connectivity index (χ2n) is 4.78. The Morgan fingerprint density at radius 2 is 1.94 bits per heavy atom. The topological polar surface area (TPSA) is 43.8 Å². The number of nitrogens with two attached hydrogens (primary N) is 1. The number of rotatable bonds is 5. The Morgan fingerprint density at radius 3 is 2.61 bits per heavy atom. The summed E-state index contributed by atoms with van der Waals surface area (Å²) in [5.41, 5.74) is 9.98. The van der Waals surface area contributed by atoms with Crippen LogP contribution in [-0.4, -0.2) is 15.8 Å². The molecule has 0 aliphatic rings. The van der Waals surface area contributed by atoms with E-state index in [2.05, 4.69) is 42.5 Å². The summed E-state index contributed by atoms with van der Waals surface area (Å²) in [4.78, 5) is 0. The molecule has 0 radical (unpaired) electrons. The van der Waals surface area contributed by atoms with E-state index in [1.54, 1.807) is 0 Å². The van der Waals surface area contributed by atoms with Crippen LogP contribution in [0.5, 0.6) is 0 Å². The van der Waals surface area contributed by atoms with Gasteiger partial charge < -0.3 is 5.73 Å². The van der Waals surface area contributed by atoms with Crippen molar-refractivity contribution in [3.05, 3.63) is 53.3 Å². The van der Waals surface area contributed by atoms with Crippen molar-refractivity contribution >= 4 is 0 Å². The summed E-state index contributed by atoms with van der Waals surface area (Å²) >= 11 is 0. The maximum atomic E-state index is 6.23. The first-order valence-corrected chi connectivity index (χ1v) is 6.50. The first kappa shape index (κ1) is 12.8. The lowest BCUT2D eigenvalue weighted by atomic mass is 9.99. The lowest BCUT2D eigenvalue weighted by molar-refractivity contribution is 0.661. The van der Waals surface area contributed by atoms with Crippen molar-refractivity contribution in [1.29, 1.82) is 0 Å². The molecule has 1 aromatic carbocycles. The molecule has 0 saturated carbocycles. The average molecular weight is 243 g/mol. The van der Waals surface area contributed by atoms with Gasteiger partial charge in [0.05, 0.1) is 5.69 Å². The van der Waals surface area contributed by atoms with Crippen LogP contribution in [0.25, 0.3) is 0 Å². The van der Waals surface area contributed by atoms with E-state index in [0.29, 0.717) is 0 Å². The first-order chi connectivity index (χ1) is 8.69. The quantitative estimate of drug-likeness (QED) is 0.874. The van der Waals surface area contributed by atoms with Crippen LogP contribution < -0.4 is 5.73 Å². The fourth-order valence-electron chi connectivity index (χ4n) is 2.32. The predicted octanol–water partition coefficient (Wildman–Crippen LogP) is 2.09. The van der Waals surface area contributed by atoms with E-state index in [-0.39, 0.29) is 6.04 Å². The monoisotopic (exact) mass is 243 g/mol. The van der Waals surface area contributed by atoms with E-state index < -0.39 is 0 Å². The van der Waals surface area contributed by atoms with Crippen LogP contribution in [0.2, 0.25) is 0 Å². The summed E-state index contributed by atoms with van der Waals surface area (Å²) in [6.45, 7) is 2.13. The van der Waals surface area contributed by atoms with Gasteiger partial charge in [0.15, 0.2) is 0 Å². The molecule has 3 heteroatoms. The molecule has 0 bridgehead atoms. The Morgan fingerprint density at radius 1 is 1.22 bits per heavy atom. The summed E-state index contributed by atoms with van der Waals surface area (Å²) in [7, 11) is 1.96. The highest BCUT2D eigenvalue weighted by atomic mass is 15.2. The second kappa shape index (κ2) is 5.83. The molecule has 1 heterocycles. The number of aryl methyl sites for hydroxylation is 2. The van der Waals surface area contributed by atoms with E-state index >= 15 is 0 Å². The number of aromatic nitrogens is 2. The third-order valence-electron chi connectivity index (χ3n) is 3.15. The lowest BCUT2D eigenvalue weighted by Gasteiger charge is -2.11. The largest absolute Gasteiger partial charge is 0.327 e. The molecule has 2 N–H and O–H groups in total. The maximum Gasteiger partial charge on any atom is 0.0654 e. The molecule has 1 aromatic heterocycles. The first-order valence-electron chi connectivity index (χ1n) is 6.50. The SMILES string of the molecule is CCc1nn(C)cc1CC(N)Cc1ccccc1. The van der Waals surface area contributed by atoms with Crippen molar-refractivity contribution in [3.8, 4) is 0 Å². The Bertz CT molecular complexity index is 488. The Labute approximate surface area is 109 Å². The van der Waals surface area contributed by atoms with Gasteiger partial charge in [-0.25, -0.2) is 0 Å². The van der Waals surface area contributed by atoms with Gasteiger partial charge in [-0.2, -0.15) is 5.10 Å². The zero-order valence-corrected chi connectivity index (χ0v) is 11.1. The molecule has 0 spiro atoms. The van der Waals surface area contributed by atoms with E-state index in [9.17, 15) is 0 Å². The molecule has 2 rings (SSSR count). The van der Waals surface area contributed by atoms with Crippen LogP contribution >= 0.6 is 0 Å². The molecule has 3 nitrogen and oxygen atoms in total. The summed E-state index contributed by atoms with van der Waals surface area (Å²) in [5, 5.41) is 4.45. The van der Waals surface area contributed by atoms with Gasteiger partial charge in [-0.05, 0) is 30.4 Å². The number of benzene rings is 1. The second-order valence-corrected chi connectivity index (χ2v) is 4.78. The van der Waals surface area contributed by atoms with E-state index in [1.165, 1.54) is 16.8 Å². The van der Waals surface area contributed by atoms with Gasteiger partial charge in [-0.3, -0.25) is 4.68 Å². The molecule has 18 heavy (non-hydrogen) atoms. The molecular formula is C15H21N3. The van der Waals surface area contributed by atoms with Crippen molar-refractivity contribution in [3.63, 3.8) is 0 Å². The Hall–Kier alpha value is -1.61. The molecule has 0 amide bonds. The molecule has 0 saturated heterocycles. The van der Waals surface area contributed by atoms with Crippen LogP contribution in [0, 0.1) is 0 Å². The standard InChI is InChI=1S/C15H21N3/c1-3-15-13(11-18(2)17-15)10-14(16)9-12-7-5-4-6-8-12/h4-8,11,14H,3,9-10,16H2,1-2H3. The third-order valence-corrected chi connectivity index (χ3v) is 3.15. The van der Waals surface area contributed by atoms with Crippen LogP contribution in [0.15, 0.2) is 36.5 Å². The molecule has 1 unspecified atom stereocenters. The van der Waals surface area contributed by atoms with Gasteiger partial charge in [-0.1, -0.05) is 37.3 Å². The summed E-state index contributed by atoms with van der Waals surface area (Å²) in [5.74, 6) is 0. The van der Waals surface area contributed by atoms with Crippen molar-refractivity contribution in [2.45, 2.75) is 32.2 Å². The molecule has 0 aliphatic carbocycles. The highest BCUT2D eigenvalue weighted by molar-refractivity contribution is 5.20. The van der Waals surface area contributed by atoms with Crippen molar-refractivity contribution in [2.75, 3.05) is 0 Å². The molecule has 0 aliphatic heterocycles. The van der Waals surface area contributed by atoms with E-state index in [0.717, 1.165) is 19.3 Å². The van der Waals surface area contributed by atoms with E-state index in [1.807, 2.05) is 17.8 Å². The van der Waals surface area contributed by atoms with Crippen LogP contribution in [0.3, 0.4) is 0 Å². The van der Waals surface area contributed by atoms with Gasteiger partial charge in [0.2, 0.25) is 0 Å². The molecular weight excluding hydrogens is 222 g/mol. The normalized spacial score (nSPS) is 12.6. The summed E-state index contributed by atoms with van der Waals surface area (Å²) in [6.07, 6.45) is 4.86. The minimum absolute atomic E-state index is 0.155. The summed E-state index contributed by atoms with van der Waals surface area (Å²) < 4.78 is 1.88. The molecule has 1 atom stereocenters. The van der Waals surface area contributed by atoms with Gasteiger partial charge in [0, 0.05) is 19.3 Å². The molecule has 96 valence electrons. The van der Waals surface area contributed by atoms with Crippen LogP contribution in [-0.2, 0) is 26.3 Å².